The Kier molecular flexibility index (Phi) is 3.55. The predicted octanol–water partition coefficient (Wildman–Crippen LogP) is 2.13. The van der Waals surface area contributed by atoms with Gasteiger partial charge in [-0.3, -0.25) is 4.98 Å². The van der Waals surface area contributed by atoms with Gasteiger partial charge in [-0.1, -0.05) is 19.3 Å². The van der Waals surface area contributed by atoms with Crippen LogP contribution in [0.25, 0.3) is 11.2 Å². The Morgan fingerprint density at radius 1 is 1.05 bits per heavy atom. The van der Waals surface area contributed by atoms with E-state index in [4.69, 9.17) is 0 Å². The molecule has 0 radical (unpaired) electrons. The Morgan fingerprint density at radius 3 is 2.84 bits per heavy atom. The maximum Gasteiger partial charge on any atom is 0.180 e. The number of nitrogens with zero attached hydrogens (tertiary/aromatic N) is 3. The zero-order chi connectivity index (χ0) is 13.1. The van der Waals surface area contributed by atoms with Crippen LogP contribution in [0.2, 0.25) is 0 Å². The standard InChI is InChI=1S/C14H18N4O/c19-12-5-3-1-2-4-10(12)17-13-7-6-11-14(18-13)16-9-8-15-11/h6-10,12,19H,1-5H2,(H,16,17,18). The van der Waals surface area contributed by atoms with E-state index in [9.17, 15) is 5.11 Å². The second kappa shape index (κ2) is 5.48. The molecule has 3 rings (SSSR count). The van der Waals surface area contributed by atoms with Gasteiger partial charge in [0.25, 0.3) is 0 Å². The van der Waals surface area contributed by atoms with E-state index in [1.807, 2.05) is 12.1 Å². The van der Waals surface area contributed by atoms with Crippen LogP contribution in [0, 0.1) is 0 Å². The van der Waals surface area contributed by atoms with Gasteiger partial charge < -0.3 is 10.4 Å². The van der Waals surface area contributed by atoms with Gasteiger partial charge in [0.15, 0.2) is 5.65 Å². The average Bonchev–Trinajstić information content (AvgIpc) is 2.64. The number of rotatable bonds is 2. The first-order chi connectivity index (χ1) is 9.33. The zero-order valence-corrected chi connectivity index (χ0v) is 10.8. The molecule has 2 aromatic heterocycles. The van der Waals surface area contributed by atoms with Crippen molar-refractivity contribution >= 4 is 17.0 Å². The number of hydrogen-bond acceptors (Lipinski definition) is 5. The van der Waals surface area contributed by atoms with E-state index in [2.05, 4.69) is 20.3 Å². The Balaban J connectivity index is 1.80. The summed E-state index contributed by atoms with van der Waals surface area (Å²) in [7, 11) is 0. The van der Waals surface area contributed by atoms with Crippen LogP contribution >= 0.6 is 0 Å². The van der Waals surface area contributed by atoms with Gasteiger partial charge in [-0.15, -0.1) is 0 Å². The van der Waals surface area contributed by atoms with E-state index in [1.165, 1.54) is 6.42 Å². The van der Waals surface area contributed by atoms with E-state index in [0.29, 0.717) is 5.65 Å². The minimum atomic E-state index is -0.290. The highest BCUT2D eigenvalue weighted by Gasteiger charge is 2.21. The molecular formula is C14H18N4O. The molecule has 1 aliphatic rings. The maximum atomic E-state index is 10.1. The Hall–Kier alpha value is -1.75. The summed E-state index contributed by atoms with van der Waals surface area (Å²) < 4.78 is 0. The Labute approximate surface area is 112 Å². The van der Waals surface area contributed by atoms with Crippen molar-refractivity contribution < 1.29 is 5.11 Å². The predicted molar refractivity (Wildman–Crippen MR) is 73.8 cm³/mol. The SMILES string of the molecule is OC1CCCCCC1Nc1ccc2nccnc2n1. The molecule has 1 aliphatic carbocycles. The molecule has 2 unspecified atom stereocenters. The number of pyridine rings is 1. The highest BCUT2D eigenvalue weighted by Crippen LogP contribution is 2.21. The molecule has 0 aromatic carbocycles. The molecule has 5 nitrogen and oxygen atoms in total. The third-order valence-electron chi connectivity index (χ3n) is 3.64. The summed E-state index contributed by atoms with van der Waals surface area (Å²) >= 11 is 0. The largest absolute Gasteiger partial charge is 0.391 e. The summed E-state index contributed by atoms with van der Waals surface area (Å²) in [6.45, 7) is 0. The molecule has 2 heterocycles. The van der Waals surface area contributed by atoms with Crippen molar-refractivity contribution in [1.82, 2.24) is 15.0 Å². The number of fused-ring (bicyclic) bond motifs is 1. The Morgan fingerprint density at radius 2 is 1.89 bits per heavy atom. The molecule has 1 fully saturated rings. The molecule has 2 atom stereocenters. The van der Waals surface area contributed by atoms with Gasteiger partial charge in [0.05, 0.1) is 12.1 Å². The lowest BCUT2D eigenvalue weighted by atomic mass is 10.1. The lowest BCUT2D eigenvalue weighted by molar-refractivity contribution is 0.144. The zero-order valence-electron chi connectivity index (χ0n) is 10.8. The van der Waals surface area contributed by atoms with Crippen molar-refractivity contribution in [2.24, 2.45) is 0 Å². The molecular weight excluding hydrogens is 240 g/mol. The van der Waals surface area contributed by atoms with E-state index in [1.54, 1.807) is 12.4 Å². The van der Waals surface area contributed by atoms with Crippen LogP contribution in [0.1, 0.15) is 32.1 Å². The normalized spacial score (nSPS) is 24.1. The molecule has 2 N–H and O–H groups in total. The molecule has 5 heteroatoms. The van der Waals surface area contributed by atoms with Crippen molar-refractivity contribution in [1.29, 1.82) is 0 Å². The first-order valence-electron chi connectivity index (χ1n) is 6.85. The highest BCUT2D eigenvalue weighted by atomic mass is 16.3. The van der Waals surface area contributed by atoms with Crippen molar-refractivity contribution in [3.63, 3.8) is 0 Å². The molecule has 0 spiro atoms. The van der Waals surface area contributed by atoms with Crippen molar-refractivity contribution in [3.8, 4) is 0 Å². The molecule has 100 valence electrons. The van der Waals surface area contributed by atoms with Crippen LogP contribution in [0.4, 0.5) is 5.82 Å². The fourth-order valence-electron chi connectivity index (χ4n) is 2.58. The van der Waals surface area contributed by atoms with Gasteiger partial charge in [-0.05, 0) is 25.0 Å². The van der Waals surface area contributed by atoms with Gasteiger partial charge >= 0.3 is 0 Å². The summed E-state index contributed by atoms with van der Waals surface area (Å²) in [4.78, 5) is 12.8. The molecule has 2 aromatic rings. The van der Waals surface area contributed by atoms with Crippen molar-refractivity contribution in [2.75, 3.05) is 5.32 Å². The first-order valence-corrected chi connectivity index (χ1v) is 6.85. The summed E-state index contributed by atoms with van der Waals surface area (Å²) in [5.41, 5.74) is 1.42. The van der Waals surface area contributed by atoms with Crippen LogP contribution in [-0.4, -0.2) is 32.2 Å². The van der Waals surface area contributed by atoms with Crippen LogP contribution in [0.15, 0.2) is 24.5 Å². The van der Waals surface area contributed by atoms with E-state index in [-0.39, 0.29) is 12.1 Å². The van der Waals surface area contributed by atoms with Crippen molar-refractivity contribution in [3.05, 3.63) is 24.5 Å². The number of aromatic nitrogens is 3. The van der Waals surface area contributed by atoms with Crippen LogP contribution in [0.5, 0.6) is 0 Å². The quantitative estimate of drug-likeness (QED) is 0.807. The first kappa shape index (κ1) is 12.3. The molecule has 19 heavy (non-hydrogen) atoms. The van der Waals surface area contributed by atoms with Gasteiger partial charge in [-0.2, -0.15) is 0 Å². The summed E-state index contributed by atoms with van der Waals surface area (Å²) in [5.74, 6) is 0.763. The fourth-order valence-corrected chi connectivity index (χ4v) is 2.58. The van der Waals surface area contributed by atoms with E-state index < -0.39 is 0 Å². The molecule has 0 aliphatic heterocycles. The van der Waals surface area contributed by atoms with Crippen LogP contribution < -0.4 is 5.32 Å². The summed E-state index contributed by atoms with van der Waals surface area (Å²) in [6, 6.07) is 3.89. The van der Waals surface area contributed by atoms with Gasteiger partial charge in [-0.25, -0.2) is 9.97 Å². The number of aliphatic hydroxyl groups excluding tert-OH is 1. The number of aliphatic hydroxyl groups is 1. The van der Waals surface area contributed by atoms with Gasteiger partial charge in [0, 0.05) is 12.4 Å². The minimum Gasteiger partial charge on any atom is -0.391 e. The van der Waals surface area contributed by atoms with Gasteiger partial charge in [0.1, 0.15) is 11.3 Å². The molecule has 1 saturated carbocycles. The summed E-state index contributed by atoms with van der Waals surface area (Å²) in [5, 5.41) is 13.4. The number of hydrogen-bond donors (Lipinski definition) is 2. The van der Waals surface area contributed by atoms with Gasteiger partial charge in [0.2, 0.25) is 0 Å². The number of anilines is 1. The molecule has 0 saturated heterocycles. The average molecular weight is 258 g/mol. The van der Waals surface area contributed by atoms with Crippen LogP contribution in [0.3, 0.4) is 0 Å². The van der Waals surface area contributed by atoms with E-state index in [0.717, 1.165) is 37.0 Å². The fraction of sp³-hybridized carbons (Fsp3) is 0.500. The topological polar surface area (TPSA) is 70.9 Å². The smallest absolute Gasteiger partial charge is 0.180 e. The second-order valence-electron chi connectivity index (χ2n) is 5.05. The number of nitrogens with one attached hydrogen (secondary N) is 1. The maximum absolute atomic E-state index is 10.1. The molecule has 0 bridgehead atoms. The van der Waals surface area contributed by atoms with Crippen molar-refractivity contribution in [2.45, 2.75) is 44.2 Å². The third kappa shape index (κ3) is 2.81. The highest BCUT2D eigenvalue weighted by molar-refractivity contribution is 5.71. The lowest BCUT2D eigenvalue weighted by Crippen LogP contribution is -2.32. The van der Waals surface area contributed by atoms with E-state index >= 15 is 0 Å². The van der Waals surface area contributed by atoms with Crippen LogP contribution in [-0.2, 0) is 0 Å². The second-order valence-corrected chi connectivity index (χ2v) is 5.05. The third-order valence-corrected chi connectivity index (χ3v) is 3.64. The lowest BCUT2D eigenvalue weighted by Gasteiger charge is -2.22. The summed E-state index contributed by atoms with van der Waals surface area (Å²) in [6.07, 6.45) is 8.32. The minimum absolute atomic E-state index is 0.0871. The monoisotopic (exact) mass is 258 g/mol. The molecule has 0 amide bonds. The Bertz CT molecular complexity index is 560.